The average molecular weight is 323 g/mol. The lowest BCUT2D eigenvalue weighted by atomic mass is 10.2. The van der Waals surface area contributed by atoms with Crippen LogP contribution in [-0.4, -0.2) is 8.06 Å². The van der Waals surface area contributed by atoms with Gasteiger partial charge in [-0.15, -0.1) is 0 Å². The zero-order valence-electron chi connectivity index (χ0n) is 5.63. The Morgan fingerprint density at radius 1 is 1.33 bits per heavy atom. The van der Waals surface area contributed by atoms with Crippen molar-refractivity contribution in [1.29, 1.82) is 0 Å². The highest BCUT2D eigenvalue weighted by Crippen LogP contribution is 2.39. The molecule has 0 fully saturated rings. The third kappa shape index (κ3) is 3.38. The Labute approximate surface area is 82.2 Å². The largest absolute Gasteiger partial charge is 0.0927 e. The fraction of sp³-hybridized carbons (Fsp3) is 1.00. The molecule has 0 bridgehead atoms. The number of hydrogen-bond donors (Lipinski definition) is 0. The molecule has 0 aromatic carbocycles. The molecule has 3 heteroatoms. The minimum absolute atomic E-state index is 0.0920. The molecule has 0 radical (unpaired) electrons. The van der Waals surface area contributed by atoms with E-state index in [1.165, 1.54) is 0 Å². The number of alkyl halides is 3. The van der Waals surface area contributed by atoms with Crippen LogP contribution in [0, 0.1) is 0 Å². The van der Waals surface area contributed by atoms with Gasteiger partial charge >= 0.3 is 0 Å². The van der Waals surface area contributed by atoms with Gasteiger partial charge in [0.05, 0.1) is 3.23 Å². The molecule has 1 unspecified atom stereocenters. The van der Waals surface area contributed by atoms with E-state index in [1.807, 2.05) is 0 Å². The maximum Gasteiger partial charge on any atom is 0.0927 e. The van der Waals surface area contributed by atoms with Gasteiger partial charge < -0.3 is 0 Å². The number of rotatable bonds is 3. The Bertz CT molecular complexity index is 80.4. The van der Waals surface area contributed by atoms with Gasteiger partial charge in [-0.1, -0.05) is 61.6 Å². The monoisotopic (exact) mass is 320 g/mol. The zero-order valence-corrected chi connectivity index (χ0v) is 10.4. The molecular weight excluding hydrogens is 312 g/mol. The molecule has 0 aliphatic heterocycles. The van der Waals surface area contributed by atoms with Crippen molar-refractivity contribution >= 4 is 47.8 Å². The van der Waals surface area contributed by atoms with Crippen molar-refractivity contribution in [3.8, 4) is 0 Å². The summed E-state index contributed by atoms with van der Waals surface area (Å²) in [5.41, 5.74) is 0. The number of halogens is 3. The second kappa shape index (κ2) is 4.35. The highest BCUT2D eigenvalue weighted by Gasteiger charge is 2.27. The summed E-state index contributed by atoms with van der Waals surface area (Å²) in [4.78, 5) is 0.509. The fourth-order valence-corrected chi connectivity index (χ4v) is 1.49. The van der Waals surface area contributed by atoms with Gasteiger partial charge in [-0.05, 0) is 12.8 Å². The molecule has 0 saturated carbocycles. The molecule has 0 aliphatic carbocycles. The van der Waals surface area contributed by atoms with Crippen LogP contribution in [0.25, 0.3) is 0 Å². The van der Waals surface area contributed by atoms with Crippen LogP contribution in [-0.2, 0) is 0 Å². The molecule has 0 spiro atoms. The Morgan fingerprint density at radius 3 is 1.89 bits per heavy atom. The van der Waals surface area contributed by atoms with Crippen molar-refractivity contribution in [3.63, 3.8) is 0 Å². The first-order valence-electron chi connectivity index (χ1n) is 3.06. The van der Waals surface area contributed by atoms with E-state index in [-0.39, 0.29) is 3.23 Å². The molecule has 56 valence electrons. The quantitative estimate of drug-likeness (QED) is 0.687. The normalized spacial score (nSPS) is 15.7. The van der Waals surface area contributed by atoms with Crippen LogP contribution in [0.2, 0.25) is 0 Å². The standard InChI is InChI=1S/C6H11Br3/c1-3-5(7)6(8,9)4-2/h5H,3-4H2,1-2H3. The molecule has 0 nitrogen and oxygen atoms in total. The lowest BCUT2D eigenvalue weighted by molar-refractivity contribution is 0.725. The Hall–Kier alpha value is 1.44. The second-order valence-corrected chi connectivity index (χ2v) is 6.99. The highest BCUT2D eigenvalue weighted by atomic mass is 79.9. The van der Waals surface area contributed by atoms with E-state index in [4.69, 9.17) is 0 Å². The molecule has 0 saturated heterocycles. The third-order valence-electron chi connectivity index (χ3n) is 1.29. The van der Waals surface area contributed by atoms with Gasteiger partial charge in [0.15, 0.2) is 0 Å². The van der Waals surface area contributed by atoms with Crippen molar-refractivity contribution in [2.45, 2.75) is 34.7 Å². The van der Waals surface area contributed by atoms with E-state index in [9.17, 15) is 0 Å². The van der Waals surface area contributed by atoms with Crippen molar-refractivity contribution in [2.24, 2.45) is 0 Å². The summed E-state index contributed by atoms with van der Waals surface area (Å²) < 4.78 is 0.0920. The van der Waals surface area contributed by atoms with Crippen LogP contribution < -0.4 is 0 Å². The summed E-state index contributed by atoms with van der Waals surface area (Å²) in [6.45, 7) is 4.31. The molecule has 0 rings (SSSR count). The molecule has 0 aromatic heterocycles. The highest BCUT2D eigenvalue weighted by molar-refractivity contribution is 9.26. The molecule has 0 amide bonds. The van der Waals surface area contributed by atoms with Crippen LogP contribution in [0.4, 0.5) is 0 Å². The average Bonchev–Trinajstić information content (AvgIpc) is 1.86. The molecule has 0 N–H and O–H groups in total. The topological polar surface area (TPSA) is 0 Å². The maximum absolute atomic E-state index is 3.58. The van der Waals surface area contributed by atoms with Gasteiger partial charge in [-0.25, -0.2) is 0 Å². The summed E-state index contributed by atoms with van der Waals surface area (Å²) in [6.07, 6.45) is 2.21. The summed E-state index contributed by atoms with van der Waals surface area (Å²) in [5.74, 6) is 0. The molecule has 1 atom stereocenters. The van der Waals surface area contributed by atoms with E-state index < -0.39 is 0 Å². The smallest absolute Gasteiger partial charge is 0.0866 e. The summed E-state index contributed by atoms with van der Waals surface area (Å²) >= 11 is 10.7. The first kappa shape index (κ1) is 10.4. The van der Waals surface area contributed by atoms with E-state index >= 15 is 0 Å². The second-order valence-electron chi connectivity index (χ2n) is 1.99. The van der Waals surface area contributed by atoms with Gasteiger partial charge in [-0.3, -0.25) is 0 Å². The minimum atomic E-state index is 0.0920. The van der Waals surface area contributed by atoms with Gasteiger partial charge in [0.1, 0.15) is 0 Å². The predicted octanol–water partition coefficient (Wildman–Crippen LogP) is 4.06. The summed E-state index contributed by atoms with van der Waals surface area (Å²) in [6, 6.07) is 0. The van der Waals surface area contributed by atoms with Crippen LogP contribution in [0.1, 0.15) is 26.7 Å². The van der Waals surface area contributed by atoms with Gasteiger partial charge in [0.2, 0.25) is 0 Å². The molecular formula is C6H11Br3. The zero-order chi connectivity index (χ0) is 7.49. The first-order valence-corrected chi connectivity index (χ1v) is 5.56. The van der Waals surface area contributed by atoms with E-state index in [2.05, 4.69) is 61.6 Å². The van der Waals surface area contributed by atoms with E-state index in [0.717, 1.165) is 12.8 Å². The SMILES string of the molecule is CCC(Br)C(Br)(Br)CC. The first-order chi connectivity index (χ1) is 4.04. The van der Waals surface area contributed by atoms with Crippen molar-refractivity contribution < 1.29 is 0 Å². The third-order valence-corrected chi connectivity index (χ3v) is 6.17. The predicted molar refractivity (Wildman–Crippen MR) is 53.9 cm³/mol. The fourth-order valence-electron chi connectivity index (χ4n) is 0.520. The summed E-state index contributed by atoms with van der Waals surface area (Å²) in [7, 11) is 0. The van der Waals surface area contributed by atoms with E-state index in [1.54, 1.807) is 0 Å². The van der Waals surface area contributed by atoms with Crippen molar-refractivity contribution in [2.75, 3.05) is 0 Å². The van der Waals surface area contributed by atoms with Crippen LogP contribution in [0.5, 0.6) is 0 Å². The van der Waals surface area contributed by atoms with Gasteiger partial charge in [0, 0.05) is 4.83 Å². The molecule has 0 aliphatic rings. The lowest BCUT2D eigenvalue weighted by Gasteiger charge is -2.23. The van der Waals surface area contributed by atoms with Crippen LogP contribution in [0.3, 0.4) is 0 Å². The lowest BCUT2D eigenvalue weighted by Crippen LogP contribution is -2.22. The Kier molecular flexibility index (Phi) is 5.04. The maximum atomic E-state index is 3.58. The van der Waals surface area contributed by atoms with Crippen LogP contribution in [0.15, 0.2) is 0 Å². The Balaban J connectivity index is 3.80. The van der Waals surface area contributed by atoms with Crippen LogP contribution >= 0.6 is 47.8 Å². The van der Waals surface area contributed by atoms with Gasteiger partial charge in [0.25, 0.3) is 0 Å². The summed E-state index contributed by atoms with van der Waals surface area (Å²) in [5, 5.41) is 0. The minimum Gasteiger partial charge on any atom is -0.0866 e. The van der Waals surface area contributed by atoms with Gasteiger partial charge in [-0.2, -0.15) is 0 Å². The number of hydrogen-bond acceptors (Lipinski definition) is 0. The van der Waals surface area contributed by atoms with Crippen molar-refractivity contribution in [3.05, 3.63) is 0 Å². The molecule has 0 aromatic rings. The molecule has 9 heavy (non-hydrogen) atoms. The van der Waals surface area contributed by atoms with E-state index in [0.29, 0.717) is 4.83 Å². The van der Waals surface area contributed by atoms with Crippen molar-refractivity contribution in [1.82, 2.24) is 0 Å². The molecule has 0 heterocycles. The Morgan fingerprint density at radius 2 is 1.78 bits per heavy atom.